The molecule has 1 aromatic heterocycles. The monoisotopic (exact) mass is 302 g/mol. The topological polar surface area (TPSA) is 73.6 Å². The third-order valence-electron chi connectivity index (χ3n) is 3.46. The number of benzene rings is 1. The van der Waals surface area contributed by atoms with Gasteiger partial charge in [0.25, 0.3) is 5.91 Å². The van der Waals surface area contributed by atoms with Crippen LogP contribution in [0.4, 0.5) is 0 Å². The normalized spacial score (nSPS) is 13.7. The minimum atomic E-state index is -0.242. The second kappa shape index (κ2) is 6.51. The Labute approximate surface area is 128 Å². The first-order valence-corrected chi connectivity index (χ1v) is 7.28. The van der Waals surface area contributed by atoms with Gasteiger partial charge in [-0.2, -0.15) is 0 Å². The van der Waals surface area contributed by atoms with Crippen LogP contribution in [0.3, 0.4) is 0 Å². The van der Waals surface area contributed by atoms with Crippen LogP contribution in [0, 0.1) is 0 Å². The first-order chi connectivity index (χ1) is 10.8. The molecule has 0 aliphatic heterocycles. The molecule has 116 valence electrons. The molecule has 0 spiro atoms. The summed E-state index contributed by atoms with van der Waals surface area (Å²) in [6, 6.07) is 9.00. The summed E-state index contributed by atoms with van der Waals surface area (Å²) in [5, 5.41) is 6.54. The Kier molecular flexibility index (Phi) is 4.27. The highest BCUT2D eigenvalue weighted by atomic mass is 16.5. The van der Waals surface area contributed by atoms with Gasteiger partial charge in [-0.25, -0.2) is 0 Å². The van der Waals surface area contributed by atoms with E-state index in [1.54, 1.807) is 13.2 Å². The van der Waals surface area contributed by atoms with Crippen molar-refractivity contribution in [3.8, 4) is 11.5 Å². The Bertz CT molecular complexity index is 632. The van der Waals surface area contributed by atoms with E-state index in [0.29, 0.717) is 24.8 Å². The molecule has 1 saturated carbocycles. The van der Waals surface area contributed by atoms with Crippen molar-refractivity contribution in [2.45, 2.75) is 18.8 Å². The average Bonchev–Trinajstić information content (AvgIpc) is 3.29. The highest BCUT2D eigenvalue weighted by Crippen LogP contribution is 2.40. The molecule has 1 N–H and O–H groups in total. The molecule has 1 heterocycles. The number of rotatable bonds is 7. The van der Waals surface area contributed by atoms with Crippen molar-refractivity contribution in [3.63, 3.8) is 0 Å². The van der Waals surface area contributed by atoms with E-state index < -0.39 is 0 Å². The van der Waals surface area contributed by atoms with Crippen LogP contribution in [0.25, 0.3) is 0 Å². The van der Waals surface area contributed by atoms with Crippen molar-refractivity contribution in [2.75, 3.05) is 20.3 Å². The van der Waals surface area contributed by atoms with Gasteiger partial charge in [0.2, 0.25) is 0 Å². The number of carbonyl (C=O) groups is 1. The summed E-state index contributed by atoms with van der Waals surface area (Å²) in [5.74, 6) is 2.52. The third-order valence-corrected chi connectivity index (χ3v) is 3.46. The molecular weight excluding hydrogens is 284 g/mol. The maximum absolute atomic E-state index is 11.9. The lowest BCUT2D eigenvalue weighted by Crippen LogP contribution is -2.28. The van der Waals surface area contributed by atoms with Crippen LogP contribution in [0.5, 0.6) is 11.5 Å². The maximum Gasteiger partial charge on any atom is 0.273 e. The molecule has 0 bridgehead atoms. The van der Waals surface area contributed by atoms with Crippen LogP contribution in [0.2, 0.25) is 0 Å². The number of nitrogens with zero attached hydrogens (tertiary/aromatic N) is 1. The SMILES string of the molecule is COc1ccc(OCCNC(=O)c2cc(C3CC3)on2)cc1. The second-order valence-electron chi connectivity index (χ2n) is 5.17. The Balaban J connectivity index is 1.40. The molecule has 6 heteroatoms. The molecule has 0 saturated heterocycles. The Hall–Kier alpha value is -2.50. The quantitative estimate of drug-likeness (QED) is 0.795. The van der Waals surface area contributed by atoms with Crippen molar-refractivity contribution in [2.24, 2.45) is 0 Å². The van der Waals surface area contributed by atoms with Crippen LogP contribution in [-0.4, -0.2) is 31.3 Å². The largest absolute Gasteiger partial charge is 0.497 e. The predicted octanol–water partition coefficient (Wildman–Crippen LogP) is 2.37. The number of amides is 1. The van der Waals surface area contributed by atoms with Crippen LogP contribution in [-0.2, 0) is 0 Å². The minimum absolute atomic E-state index is 0.242. The molecule has 2 aromatic rings. The number of nitrogens with one attached hydrogen (secondary N) is 1. The fraction of sp³-hybridized carbons (Fsp3) is 0.375. The van der Waals surface area contributed by atoms with E-state index in [9.17, 15) is 4.79 Å². The molecule has 22 heavy (non-hydrogen) atoms. The standard InChI is InChI=1S/C16H18N2O4/c1-20-12-4-6-13(7-5-12)21-9-8-17-16(19)14-10-15(22-18-14)11-2-3-11/h4-7,10-11H,2-3,8-9H2,1H3,(H,17,19). The zero-order chi connectivity index (χ0) is 15.4. The summed E-state index contributed by atoms with van der Waals surface area (Å²) in [5.41, 5.74) is 0.325. The molecule has 0 atom stereocenters. The van der Waals surface area contributed by atoms with E-state index in [-0.39, 0.29) is 5.91 Å². The second-order valence-corrected chi connectivity index (χ2v) is 5.17. The first-order valence-electron chi connectivity index (χ1n) is 7.28. The van der Waals surface area contributed by atoms with Gasteiger partial charge in [-0.05, 0) is 37.1 Å². The Morgan fingerprint density at radius 2 is 2.05 bits per heavy atom. The molecule has 1 fully saturated rings. The molecule has 1 amide bonds. The number of aromatic nitrogens is 1. The summed E-state index contributed by atoms with van der Waals surface area (Å²) in [6.45, 7) is 0.780. The van der Waals surface area contributed by atoms with Crippen molar-refractivity contribution < 1.29 is 18.8 Å². The van der Waals surface area contributed by atoms with E-state index in [1.165, 1.54) is 0 Å². The first kappa shape index (κ1) is 14.4. The number of carbonyl (C=O) groups excluding carboxylic acids is 1. The van der Waals surface area contributed by atoms with E-state index in [2.05, 4.69) is 10.5 Å². The lowest BCUT2D eigenvalue weighted by molar-refractivity contribution is 0.0938. The van der Waals surface area contributed by atoms with Crippen molar-refractivity contribution in [3.05, 3.63) is 41.8 Å². The predicted molar refractivity (Wildman–Crippen MR) is 79.3 cm³/mol. The lowest BCUT2D eigenvalue weighted by atomic mass is 10.3. The van der Waals surface area contributed by atoms with Crippen molar-refractivity contribution >= 4 is 5.91 Å². The number of methoxy groups -OCH3 is 1. The summed E-state index contributed by atoms with van der Waals surface area (Å²) in [4.78, 5) is 11.9. The Morgan fingerprint density at radius 1 is 1.32 bits per heavy atom. The van der Waals surface area contributed by atoms with Gasteiger partial charge < -0.3 is 19.3 Å². The van der Waals surface area contributed by atoms with E-state index >= 15 is 0 Å². The summed E-state index contributed by atoms with van der Waals surface area (Å²) in [7, 11) is 1.62. The molecule has 1 aliphatic rings. The molecule has 0 unspecified atom stereocenters. The van der Waals surface area contributed by atoms with Gasteiger partial charge in [0.05, 0.1) is 13.7 Å². The molecule has 0 radical (unpaired) electrons. The van der Waals surface area contributed by atoms with E-state index in [4.69, 9.17) is 14.0 Å². The summed E-state index contributed by atoms with van der Waals surface area (Å²) < 4.78 is 15.8. The zero-order valence-electron chi connectivity index (χ0n) is 12.4. The van der Waals surface area contributed by atoms with Gasteiger partial charge in [-0.3, -0.25) is 4.79 Å². The van der Waals surface area contributed by atoms with Crippen LogP contribution < -0.4 is 14.8 Å². The summed E-state index contributed by atoms with van der Waals surface area (Å²) >= 11 is 0. The van der Waals surface area contributed by atoms with E-state index in [1.807, 2.05) is 24.3 Å². The van der Waals surface area contributed by atoms with Gasteiger partial charge in [0, 0.05) is 12.0 Å². The fourth-order valence-corrected chi connectivity index (χ4v) is 2.05. The maximum atomic E-state index is 11.9. The highest BCUT2D eigenvalue weighted by Gasteiger charge is 2.28. The van der Waals surface area contributed by atoms with Gasteiger partial charge in [0.15, 0.2) is 5.69 Å². The lowest BCUT2D eigenvalue weighted by Gasteiger charge is -2.07. The number of hydrogen-bond donors (Lipinski definition) is 1. The van der Waals surface area contributed by atoms with Gasteiger partial charge >= 0.3 is 0 Å². The Morgan fingerprint density at radius 3 is 2.73 bits per heavy atom. The highest BCUT2D eigenvalue weighted by molar-refractivity contribution is 5.92. The van der Waals surface area contributed by atoms with Gasteiger partial charge in [0.1, 0.15) is 23.9 Å². The molecule has 3 rings (SSSR count). The smallest absolute Gasteiger partial charge is 0.273 e. The fourth-order valence-electron chi connectivity index (χ4n) is 2.05. The molecule has 6 nitrogen and oxygen atoms in total. The third kappa shape index (κ3) is 3.58. The summed E-state index contributed by atoms with van der Waals surface area (Å²) in [6.07, 6.45) is 2.23. The van der Waals surface area contributed by atoms with Gasteiger partial charge in [-0.15, -0.1) is 0 Å². The van der Waals surface area contributed by atoms with Crippen molar-refractivity contribution in [1.29, 1.82) is 0 Å². The van der Waals surface area contributed by atoms with Crippen molar-refractivity contribution in [1.82, 2.24) is 10.5 Å². The van der Waals surface area contributed by atoms with E-state index in [0.717, 1.165) is 30.1 Å². The average molecular weight is 302 g/mol. The minimum Gasteiger partial charge on any atom is -0.497 e. The zero-order valence-corrected chi connectivity index (χ0v) is 12.4. The van der Waals surface area contributed by atoms with Crippen LogP contribution in [0.15, 0.2) is 34.9 Å². The van der Waals surface area contributed by atoms with Crippen LogP contribution >= 0.6 is 0 Å². The number of ether oxygens (including phenoxy) is 2. The number of hydrogen-bond acceptors (Lipinski definition) is 5. The molecular formula is C16H18N2O4. The van der Waals surface area contributed by atoms with Crippen LogP contribution in [0.1, 0.15) is 35.0 Å². The molecule has 1 aromatic carbocycles. The molecule has 1 aliphatic carbocycles. The van der Waals surface area contributed by atoms with Gasteiger partial charge in [-0.1, -0.05) is 5.16 Å².